The van der Waals surface area contributed by atoms with Crippen molar-refractivity contribution in [2.24, 2.45) is 5.73 Å². The van der Waals surface area contributed by atoms with Crippen LogP contribution in [0.5, 0.6) is 0 Å². The number of likely N-dealkylation sites (tertiary alicyclic amines) is 1. The minimum atomic E-state index is 0.130. The molecule has 1 aliphatic rings. The number of carbonyl (C=O) groups excluding carboxylic acids is 2. The Labute approximate surface area is 122 Å². The minimum absolute atomic E-state index is 0.130. The van der Waals surface area contributed by atoms with E-state index < -0.39 is 0 Å². The third kappa shape index (κ3) is 5.49. The Balaban J connectivity index is 2.24. The number of nitrogens with zero attached hydrogens (tertiary/aromatic N) is 2. The Morgan fingerprint density at radius 2 is 1.85 bits per heavy atom. The topological polar surface area (TPSA) is 66.6 Å². The quantitative estimate of drug-likeness (QED) is 0.731. The predicted octanol–water partition coefficient (Wildman–Crippen LogP) is 1.36. The van der Waals surface area contributed by atoms with Gasteiger partial charge in [0, 0.05) is 45.1 Å². The molecule has 5 heteroatoms. The van der Waals surface area contributed by atoms with Gasteiger partial charge in [-0.1, -0.05) is 13.8 Å². The molecule has 0 saturated carbocycles. The van der Waals surface area contributed by atoms with E-state index in [0.29, 0.717) is 25.8 Å². The Morgan fingerprint density at radius 1 is 1.20 bits per heavy atom. The zero-order valence-corrected chi connectivity index (χ0v) is 12.9. The van der Waals surface area contributed by atoms with Gasteiger partial charge >= 0.3 is 0 Å². The van der Waals surface area contributed by atoms with E-state index >= 15 is 0 Å². The lowest BCUT2D eigenvalue weighted by molar-refractivity contribution is -0.132. The summed E-state index contributed by atoms with van der Waals surface area (Å²) < 4.78 is 0. The first-order valence-electron chi connectivity index (χ1n) is 7.89. The van der Waals surface area contributed by atoms with Gasteiger partial charge in [0.2, 0.25) is 11.8 Å². The fourth-order valence-electron chi connectivity index (χ4n) is 2.62. The molecule has 116 valence electrons. The Morgan fingerprint density at radius 3 is 2.35 bits per heavy atom. The summed E-state index contributed by atoms with van der Waals surface area (Å²) in [5, 5.41) is 0. The second-order valence-corrected chi connectivity index (χ2v) is 5.62. The Kier molecular flexibility index (Phi) is 7.59. The van der Waals surface area contributed by atoms with Crippen molar-refractivity contribution in [2.75, 3.05) is 26.2 Å². The minimum Gasteiger partial charge on any atom is -0.343 e. The van der Waals surface area contributed by atoms with Gasteiger partial charge in [-0.2, -0.15) is 0 Å². The molecule has 1 aliphatic heterocycles. The average molecular weight is 283 g/mol. The third-order valence-electron chi connectivity index (χ3n) is 3.70. The molecule has 1 atom stereocenters. The van der Waals surface area contributed by atoms with E-state index in [1.807, 2.05) is 9.80 Å². The van der Waals surface area contributed by atoms with E-state index in [-0.39, 0.29) is 17.9 Å². The molecule has 0 unspecified atom stereocenters. The Bertz CT molecular complexity index is 314. The van der Waals surface area contributed by atoms with E-state index in [0.717, 1.165) is 38.9 Å². The van der Waals surface area contributed by atoms with E-state index in [9.17, 15) is 9.59 Å². The highest BCUT2D eigenvalue weighted by Gasteiger charge is 2.23. The van der Waals surface area contributed by atoms with Gasteiger partial charge in [-0.05, 0) is 25.7 Å². The summed E-state index contributed by atoms with van der Waals surface area (Å²) >= 11 is 0. The number of carbonyl (C=O) groups is 2. The maximum absolute atomic E-state index is 12.1. The van der Waals surface area contributed by atoms with E-state index in [2.05, 4.69) is 13.8 Å². The molecular formula is C15H29N3O2. The fourth-order valence-corrected chi connectivity index (χ4v) is 2.62. The van der Waals surface area contributed by atoms with Crippen LogP contribution in [0.15, 0.2) is 0 Å². The first kappa shape index (κ1) is 17.0. The highest BCUT2D eigenvalue weighted by atomic mass is 16.2. The fraction of sp³-hybridized carbons (Fsp3) is 0.867. The molecule has 0 aliphatic carbocycles. The van der Waals surface area contributed by atoms with Crippen molar-refractivity contribution in [3.05, 3.63) is 0 Å². The standard InChI is InChI=1S/C15H29N3O2/c1-3-9-17(10-4-2)14(19)6-5-7-15(20)18-11-8-13(16)12-18/h13H,3-12,16H2,1-2H3/t13-/m1/s1. The summed E-state index contributed by atoms with van der Waals surface area (Å²) in [7, 11) is 0. The van der Waals surface area contributed by atoms with Crippen molar-refractivity contribution >= 4 is 11.8 Å². The number of amides is 2. The van der Waals surface area contributed by atoms with E-state index in [1.165, 1.54) is 0 Å². The van der Waals surface area contributed by atoms with Crippen LogP contribution < -0.4 is 5.73 Å². The van der Waals surface area contributed by atoms with Gasteiger partial charge in [0.05, 0.1) is 0 Å². The van der Waals surface area contributed by atoms with Crippen molar-refractivity contribution in [3.63, 3.8) is 0 Å². The molecule has 0 radical (unpaired) electrons. The lowest BCUT2D eigenvalue weighted by atomic mass is 10.2. The molecule has 1 heterocycles. The highest BCUT2D eigenvalue weighted by Crippen LogP contribution is 2.11. The molecule has 0 aromatic rings. The summed E-state index contributed by atoms with van der Waals surface area (Å²) in [6.45, 7) is 7.24. The molecular weight excluding hydrogens is 254 g/mol. The second-order valence-electron chi connectivity index (χ2n) is 5.62. The summed E-state index contributed by atoms with van der Waals surface area (Å²) in [5.41, 5.74) is 5.79. The lowest BCUT2D eigenvalue weighted by Crippen LogP contribution is -2.33. The molecule has 2 amide bonds. The number of nitrogens with two attached hydrogens (primary N) is 1. The first-order valence-corrected chi connectivity index (χ1v) is 7.89. The van der Waals surface area contributed by atoms with Crippen molar-refractivity contribution < 1.29 is 9.59 Å². The number of rotatable bonds is 8. The zero-order chi connectivity index (χ0) is 15.0. The lowest BCUT2D eigenvalue weighted by Gasteiger charge is -2.21. The highest BCUT2D eigenvalue weighted by molar-refractivity contribution is 5.79. The summed E-state index contributed by atoms with van der Waals surface area (Å²) in [5.74, 6) is 0.322. The summed E-state index contributed by atoms with van der Waals surface area (Å²) in [6, 6.07) is 0.130. The van der Waals surface area contributed by atoms with Crippen LogP contribution in [0.25, 0.3) is 0 Å². The van der Waals surface area contributed by atoms with Gasteiger partial charge in [0.15, 0.2) is 0 Å². The van der Waals surface area contributed by atoms with Gasteiger partial charge in [-0.3, -0.25) is 9.59 Å². The van der Waals surface area contributed by atoms with Crippen LogP contribution in [-0.4, -0.2) is 53.8 Å². The molecule has 0 aromatic carbocycles. The molecule has 1 rings (SSSR count). The smallest absolute Gasteiger partial charge is 0.222 e. The van der Waals surface area contributed by atoms with Crippen molar-refractivity contribution in [2.45, 2.75) is 58.4 Å². The molecule has 1 saturated heterocycles. The summed E-state index contributed by atoms with van der Waals surface area (Å²) in [4.78, 5) is 27.7. The van der Waals surface area contributed by atoms with Crippen molar-refractivity contribution in [3.8, 4) is 0 Å². The average Bonchev–Trinajstić information content (AvgIpc) is 2.85. The van der Waals surface area contributed by atoms with Crippen LogP contribution in [0.2, 0.25) is 0 Å². The molecule has 2 N–H and O–H groups in total. The second kappa shape index (κ2) is 8.95. The largest absolute Gasteiger partial charge is 0.343 e. The van der Waals surface area contributed by atoms with Crippen LogP contribution >= 0.6 is 0 Å². The van der Waals surface area contributed by atoms with Crippen LogP contribution in [0, 0.1) is 0 Å². The maximum Gasteiger partial charge on any atom is 0.222 e. The third-order valence-corrected chi connectivity index (χ3v) is 3.70. The van der Waals surface area contributed by atoms with Crippen LogP contribution in [0.4, 0.5) is 0 Å². The monoisotopic (exact) mass is 283 g/mol. The molecule has 20 heavy (non-hydrogen) atoms. The van der Waals surface area contributed by atoms with Crippen molar-refractivity contribution in [1.82, 2.24) is 9.80 Å². The zero-order valence-electron chi connectivity index (χ0n) is 12.9. The first-order chi connectivity index (χ1) is 9.58. The molecule has 1 fully saturated rings. The van der Waals surface area contributed by atoms with Gasteiger partial charge in [0.1, 0.15) is 0 Å². The molecule has 0 bridgehead atoms. The number of hydrogen-bond donors (Lipinski definition) is 1. The predicted molar refractivity (Wildman–Crippen MR) is 80.2 cm³/mol. The molecule has 0 aromatic heterocycles. The summed E-state index contributed by atoms with van der Waals surface area (Å²) in [6.07, 6.45) is 4.45. The molecule has 5 nitrogen and oxygen atoms in total. The Hall–Kier alpha value is -1.10. The van der Waals surface area contributed by atoms with E-state index in [4.69, 9.17) is 5.73 Å². The van der Waals surface area contributed by atoms with Crippen LogP contribution in [0.3, 0.4) is 0 Å². The molecule has 0 spiro atoms. The van der Waals surface area contributed by atoms with Gasteiger partial charge < -0.3 is 15.5 Å². The number of hydrogen-bond acceptors (Lipinski definition) is 3. The normalized spacial score (nSPS) is 18.4. The van der Waals surface area contributed by atoms with Crippen molar-refractivity contribution in [1.29, 1.82) is 0 Å². The van der Waals surface area contributed by atoms with Crippen LogP contribution in [-0.2, 0) is 9.59 Å². The van der Waals surface area contributed by atoms with Gasteiger partial charge in [0.25, 0.3) is 0 Å². The van der Waals surface area contributed by atoms with E-state index in [1.54, 1.807) is 0 Å². The van der Waals surface area contributed by atoms with Gasteiger partial charge in [-0.15, -0.1) is 0 Å². The van der Waals surface area contributed by atoms with Gasteiger partial charge in [-0.25, -0.2) is 0 Å². The SMILES string of the molecule is CCCN(CCC)C(=O)CCCC(=O)N1CC[C@@H](N)C1. The maximum atomic E-state index is 12.1. The van der Waals surface area contributed by atoms with Crippen LogP contribution in [0.1, 0.15) is 52.4 Å².